The van der Waals surface area contributed by atoms with E-state index in [1.807, 2.05) is 54.6 Å². The number of phenols is 1. The summed E-state index contributed by atoms with van der Waals surface area (Å²) in [7, 11) is 0. The van der Waals surface area contributed by atoms with Crippen molar-refractivity contribution < 1.29 is 35.1 Å². The Balaban J connectivity index is 1.58. The first-order chi connectivity index (χ1) is 19.2. The van der Waals surface area contributed by atoms with Crippen molar-refractivity contribution in [2.24, 2.45) is 0 Å². The minimum atomic E-state index is -1.69. The highest BCUT2D eigenvalue weighted by Gasteiger charge is 2.25. The molecule has 40 heavy (non-hydrogen) atoms. The molecule has 208 valence electrons. The first-order valence-electron chi connectivity index (χ1n) is 12.8. The Morgan fingerprint density at radius 1 is 0.900 bits per heavy atom. The Hall–Kier alpha value is -4.51. The zero-order chi connectivity index (χ0) is 28.6. The highest BCUT2D eigenvalue weighted by molar-refractivity contribution is 5.94. The van der Waals surface area contributed by atoms with Gasteiger partial charge in [0.1, 0.15) is 5.75 Å². The number of carbonyl (C=O) groups is 2. The van der Waals surface area contributed by atoms with Crippen LogP contribution in [0.1, 0.15) is 22.5 Å². The monoisotopic (exact) mass is 545 g/mol. The lowest BCUT2D eigenvalue weighted by molar-refractivity contribution is -0.147. The van der Waals surface area contributed by atoms with Crippen molar-refractivity contribution in [3.63, 3.8) is 0 Å². The number of para-hydroxylation sites is 1. The molecule has 1 unspecified atom stereocenters. The summed E-state index contributed by atoms with van der Waals surface area (Å²) in [5.41, 5.74) is 3.54. The predicted octanol–water partition coefficient (Wildman–Crippen LogP) is 2.45. The molecule has 3 atom stereocenters. The van der Waals surface area contributed by atoms with Gasteiger partial charge < -0.3 is 30.8 Å². The van der Waals surface area contributed by atoms with Gasteiger partial charge in [0.25, 0.3) is 5.91 Å². The quantitative estimate of drug-likeness (QED) is 0.158. The summed E-state index contributed by atoms with van der Waals surface area (Å²) in [6.07, 6.45) is -2.83. The fourth-order valence-electron chi connectivity index (χ4n) is 4.40. The third kappa shape index (κ3) is 7.11. The van der Waals surface area contributed by atoms with Crippen molar-refractivity contribution in [2.75, 3.05) is 6.61 Å². The molecule has 6 N–H and O–H groups in total. The largest absolute Gasteiger partial charge is 0.507 e. The van der Waals surface area contributed by atoms with E-state index in [4.69, 9.17) is 0 Å². The van der Waals surface area contributed by atoms with Gasteiger partial charge in [0.2, 0.25) is 0 Å². The minimum absolute atomic E-state index is 0.0439. The summed E-state index contributed by atoms with van der Waals surface area (Å²) >= 11 is 0. The molecule has 0 fully saturated rings. The van der Waals surface area contributed by atoms with E-state index in [1.54, 1.807) is 18.2 Å². The number of aromatic nitrogens is 2. The van der Waals surface area contributed by atoms with Gasteiger partial charge in [-0.3, -0.25) is 9.48 Å². The number of hydrogen-bond donors (Lipinski definition) is 6. The third-order valence-corrected chi connectivity index (χ3v) is 6.46. The number of rotatable bonds is 12. The topological polar surface area (TPSA) is 165 Å². The van der Waals surface area contributed by atoms with E-state index in [-0.39, 0.29) is 30.8 Å². The molecule has 4 rings (SSSR count). The smallest absolute Gasteiger partial charge is 0.332 e. The van der Waals surface area contributed by atoms with E-state index in [1.165, 1.54) is 16.8 Å². The zero-order valence-corrected chi connectivity index (χ0v) is 21.6. The summed E-state index contributed by atoms with van der Waals surface area (Å²) < 4.78 is 1.31. The van der Waals surface area contributed by atoms with Crippen molar-refractivity contribution in [2.45, 2.75) is 37.6 Å². The Kier molecular flexibility index (Phi) is 9.28. The number of aliphatic carboxylic acids is 1. The van der Waals surface area contributed by atoms with Crippen molar-refractivity contribution >= 4 is 11.9 Å². The van der Waals surface area contributed by atoms with Crippen LogP contribution in [0.25, 0.3) is 22.4 Å². The average Bonchev–Trinajstić information content (AvgIpc) is 3.37. The van der Waals surface area contributed by atoms with Gasteiger partial charge in [-0.1, -0.05) is 66.7 Å². The maximum absolute atomic E-state index is 13.3. The molecule has 0 spiro atoms. The lowest BCUT2D eigenvalue weighted by Crippen LogP contribution is -2.40. The van der Waals surface area contributed by atoms with Gasteiger partial charge in [0.05, 0.1) is 24.9 Å². The summed E-state index contributed by atoms with van der Waals surface area (Å²) in [6.45, 7) is -0.665. The Morgan fingerprint density at radius 2 is 1.55 bits per heavy atom. The van der Waals surface area contributed by atoms with Crippen molar-refractivity contribution in [1.29, 1.82) is 0 Å². The van der Waals surface area contributed by atoms with Crippen LogP contribution >= 0.6 is 0 Å². The predicted molar refractivity (Wildman–Crippen MR) is 148 cm³/mol. The second-order valence-corrected chi connectivity index (χ2v) is 9.48. The number of aliphatic hydroxyl groups excluding tert-OH is 3. The second-order valence-electron chi connectivity index (χ2n) is 9.48. The fourth-order valence-corrected chi connectivity index (χ4v) is 4.40. The average molecular weight is 546 g/mol. The molecule has 0 aliphatic heterocycles. The number of hydrogen-bond acceptors (Lipinski definition) is 7. The molecule has 10 nitrogen and oxygen atoms in total. The number of aromatic hydroxyl groups is 1. The number of nitrogens with one attached hydrogen (secondary N) is 1. The second kappa shape index (κ2) is 13.0. The van der Waals surface area contributed by atoms with Crippen LogP contribution in [-0.2, 0) is 17.8 Å². The number of carbonyl (C=O) groups excluding carboxylic acids is 1. The van der Waals surface area contributed by atoms with Crippen LogP contribution in [0.4, 0.5) is 0 Å². The van der Waals surface area contributed by atoms with Gasteiger partial charge in [-0.2, -0.15) is 5.10 Å². The third-order valence-electron chi connectivity index (χ3n) is 6.46. The molecule has 1 aromatic heterocycles. The van der Waals surface area contributed by atoms with Crippen LogP contribution in [0.3, 0.4) is 0 Å². The van der Waals surface area contributed by atoms with E-state index in [9.17, 15) is 35.1 Å². The first kappa shape index (κ1) is 28.5. The van der Waals surface area contributed by atoms with Crippen LogP contribution in [-0.4, -0.2) is 72.0 Å². The van der Waals surface area contributed by atoms with Crippen LogP contribution < -0.4 is 5.32 Å². The Bertz CT molecular complexity index is 1440. The Morgan fingerprint density at radius 3 is 2.20 bits per heavy atom. The van der Waals surface area contributed by atoms with Gasteiger partial charge in [-0.25, -0.2) is 4.79 Å². The maximum atomic E-state index is 13.3. The number of nitrogens with zero attached hydrogens (tertiary/aromatic N) is 2. The molecular weight excluding hydrogens is 514 g/mol. The van der Waals surface area contributed by atoms with E-state index in [0.717, 1.165) is 16.7 Å². The lowest BCUT2D eigenvalue weighted by atomic mass is 9.97. The number of amides is 1. The number of aliphatic hydroxyl groups is 3. The van der Waals surface area contributed by atoms with Gasteiger partial charge >= 0.3 is 5.97 Å². The standard InChI is InChI=1S/C30H31N3O7/c34-18-23(35)17-33-26(24-8-4-5-9-27(24)36)16-25(32-33)29(38)31-22(15-28(37)30(39)40)14-19-10-12-21(13-11-19)20-6-2-1-3-7-20/h1-13,16,22-23,28,34-37H,14-15,17-18H2,(H,31,38)(H,39,40)/t22-,23?,28-/m1/s1. The van der Waals surface area contributed by atoms with Gasteiger partial charge in [0.15, 0.2) is 11.8 Å². The van der Waals surface area contributed by atoms with Gasteiger partial charge in [0, 0.05) is 18.0 Å². The number of phenolic OH excluding ortho intramolecular Hbond substituents is 1. The SMILES string of the molecule is O=C(N[C@H](Cc1ccc(-c2ccccc2)cc1)C[C@@H](O)C(=O)O)c1cc(-c2ccccc2O)n(CC(O)CO)n1. The highest BCUT2D eigenvalue weighted by atomic mass is 16.4. The summed E-state index contributed by atoms with van der Waals surface area (Å²) in [5, 5.41) is 56.0. The highest BCUT2D eigenvalue weighted by Crippen LogP contribution is 2.29. The minimum Gasteiger partial charge on any atom is -0.507 e. The molecule has 4 aromatic rings. The molecule has 1 heterocycles. The normalized spacial score (nSPS) is 13.4. The van der Waals surface area contributed by atoms with E-state index < -0.39 is 36.7 Å². The molecule has 10 heteroatoms. The van der Waals surface area contributed by atoms with E-state index in [2.05, 4.69) is 10.4 Å². The van der Waals surface area contributed by atoms with Gasteiger partial charge in [-0.05, 0) is 41.3 Å². The molecular formula is C30H31N3O7. The summed E-state index contributed by atoms with van der Waals surface area (Å²) in [6, 6.07) is 24.6. The first-order valence-corrected chi connectivity index (χ1v) is 12.8. The molecule has 0 saturated heterocycles. The zero-order valence-electron chi connectivity index (χ0n) is 21.6. The van der Waals surface area contributed by atoms with Gasteiger partial charge in [-0.15, -0.1) is 0 Å². The maximum Gasteiger partial charge on any atom is 0.332 e. The summed E-state index contributed by atoms with van der Waals surface area (Å²) in [5.74, 6) is -2.09. The molecule has 0 saturated carbocycles. The van der Waals surface area contributed by atoms with Crippen molar-refractivity contribution in [3.8, 4) is 28.1 Å². The van der Waals surface area contributed by atoms with Crippen molar-refractivity contribution in [3.05, 3.63) is 96.2 Å². The van der Waals surface area contributed by atoms with Crippen LogP contribution in [0.2, 0.25) is 0 Å². The Labute approximate surface area is 230 Å². The van der Waals surface area contributed by atoms with E-state index in [0.29, 0.717) is 11.3 Å². The molecule has 3 aromatic carbocycles. The molecule has 1 amide bonds. The number of benzene rings is 3. The van der Waals surface area contributed by atoms with Crippen LogP contribution in [0.5, 0.6) is 5.75 Å². The lowest BCUT2D eigenvalue weighted by Gasteiger charge is -2.20. The van der Waals surface area contributed by atoms with Crippen LogP contribution in [0.15, 0.2) is 84.9 Å². The fraction of sp³-hybridized carbons (Fsp3) is 0.233. The summed E-state index contributed by atoms with van der Waals surface area (Å²) in [4.78, 5) is 24.6. The molecule has 0 aliphatic carbocycles. The number of carboxylic acid groups (broad SMARTS) is 1. The molecule has 0 aliphatic rings. The van der Waals surface area contributed by atoms with Crippen molar-refractivity contribution in [1.82, 2.24) is 15.1 Å². The molecule has 0 bridgehead atoms. The number of carboxylic acids is 1. The van der Waals surface area contributed by atoms with E-state index >= 15 is 0 Å². The molecule has 0 radical (unpaired) electrons. The van der Waals surface area contributed by atoms with Crippen LogP contribution in [0, 0.1) is 0 Å².